The fraction of sp³-hybridized carbons (Fsp3) is 0.200. The summed E-state index contributed by atoms with van der Waals surface area (Å²) < 4.78 is 31.6. The highest BCUT2D eigenvalue weighted by Gasteiger charge is 2.29. The molecule has 0 aromatic rings. The molecule has 2 aliphatic heterocycles. The molecule has 2 rings (SSSR count). The largest absolute Gasteiger partial charge is 0.394 e. The van der Waals surface area contributed by atoms with E-state index in [-0.39, 0.29) is 11.9 Å². The SMILES string of the molecule is NC1=NC2N=CN=C2C(=O)N1.O=S(=O)(O)O. The molecule has 0 aromatic heterocycles. The zero-order valence-electron chi connectivity index (χ0n) is 7.60. The van der Waals surface area contributed by atoms with Gasteiger partial charge in [-0.1, -0.05) is 0 Å². The number of nitrogens with two attached hydrogens (primary N) is 1. The van der Waals surface area contributed by atoms with Crippen molar-refractivity contribution in [1.82, 2.24) is 5.32 Å². The van der Waals surface area contributed by atoms with Gasteiger partial charge in [0.05, 0.1) is 0 Å². The quantitative estimate of drug-likeness (QED) is 0.348. The number of fused-ring (bicyclic) bond motifs is 1. The number of hydrogen-bond acceptors (Lipinski definition) is 7. The number of guanidine groups is 1. The molecule has 10 nitrogen and oxygen atoms in total. The van der Waals surface area contributed by atoms with E-state index in [9.17, 15) is 4.79 Å². The Bertz CT molecular complexity index is 483. The Labute approximate surface area is 89.6 Å². The fourth-order valence-corrected chi connectivity index (χ4v) is 0.911. The first-order chi connectivity index (χ1) is 7.27. The number of amides is 1. The highest BCUT2D eigenvalue weighted by atomic mass is 32.3. The van der Waals surface area contributed by atoms with E-state index in [0.717, 1.165) is 0 Å². The van der Waals surface area contributed by atoms with Crippen LogP contribution >= 0.6 is 0 Å². The van der Waals surface area contributed by atoms with E-state index in [2.05, 4.69) is 20.3 Å². The predicted molar refractivity (Wildman–Crippen MR) is 53.7 cm³/mol. The van der Waals surface area contributed by atoms with E-state index in [1.54, 1.807) is 0 Å². The number of aliphatic imine (C=N–C) groups is 3. The second-order valence-corrected chi connectivity index (χ2v) is 3.46. The van der Waals surface area contributed by atoms with Crippen molar-refractivity contribution in [1.29, 1.82) is 0 Å². The minimum absolute atomic E-state index is 0.0954. The maximum Gasteiger partial charge on any atom is 0.394 e. The average molecular weight is 249 g/mol. The number of nitrogens with one attached hydrogen (secondary N) is 1. The normalized spacial score (nSPS) is 22.4. The zero-order chi connectivity index (χ0) is 12.3. The van der Waals surface area contributed by atoms with Crippen LogP contribution in [0.4, 0.5) is 0 Å². The minimum Gasteiger partial charge on any atom is -0.370 e. The van der Waals surface area contributed by atoms with Crippen LogP contribution in [-0.2, 0) is 15.2 Å². The summed E-state index contributed by atoms with van der Waals surface area (Å²) >= 11 is 0. The van der Waals surface area contributed by atoms with Gasteiger partial charge in [-0.05, 0) is 0 Å². The van der Waals surface area contributed by atoms with Gasteiger partial charge in [0.2, 0.25) is 0 Å². The number of carbonyl (C=O) groups excluding carboxylic acids is 1. The van der Waals surface area contributed by atoms with Gasteiger partial charge in [-0.3, -0.25) is 19.2 Å². The van der Waals surface area contributed by atoms with Crippen molar-refractivity contribution in [2.45, 2.75) is 6.17 Å². The van der Waals surface area contributed by atoms with Gasteiger partial charge in [-0.15, -0.1) is 0 Å². The van der Waals surface area contributed by atoms with Crippen molar-refractivity contribution in [3.8, 4) is 0 Å². The summed E-state index contributed by atoms with van der Waals surface area (Å²) in [5.41, 5.74) is 5.58. The lowest BCUT2D eigenvalue weighted by atomic mass is 10.2. The highest BCUT2D eigenvalue weighted by Crippen LogP contribution is 2.06. The van der Waals surface area contributed by atoms with Gasteiger partial charge in [-0.2, -0.15) is 8.42 Å². The summed E-state index contributed by atoms with van der Waals surface area (Å²) in [6.45, 7) is 0. The van der Waals surface area contributed by atoms with Gasteiger partial charge < -0.3 is 5.73 Å². The smallest absolute Gasteiger partial charge is 0.370 e. The van der Waals surface area contributed by atoms with Gasteiger partial charge in [0.15, 0.2) is 17.8 Å². The molecule has 0 saturated carbocycles. The van der Waals surface area contributed by atoms with Crippen molar-refractivity contribution >= 4 is 34.3 Å². The summed E-state index contributed by atoms with van der Waals surface area (Å²) in [7, 11) is -4.67. The standard InChI is InChI=1S/C5H5N5O.H2O4S/c6-5-9-3-2(4(11)10-5)7-1-8-3;1-5(2,3)4/h1,3H,(H3,6,9,10,11);(H2,1,2,3,4). The number of hydrogen-bond donors (Lipinski definition) is 4. The maximum absolute atomic E-state index is 11.0. The molecule has 5 N–H and O–H groups in total. The van der Waals surface area contributed by atoms with Gasteiger partial charge in [0, 0.05) is 0 Å². The minimum atomic E-state index is -4.67. The van der Waals surface area contributed by atoms with Crippen molar-refractivity contribution in [3.05, 3.63) is 0 Å². The molecule has 2 heterocycles. The molecule has 16 heavy (non-hydrogen) atoms. The Morgan fingerprint density at radius 2 is 2.00 bits per heavy atom. The summed E-state index contributed by atoms with van der Waals surface area (Å²) in [5, 5.41) is 2.33. The van der Waals surface area contributed by atoms with E-state index in [4.69, 9.17) is 23.3 Å². The van der Waals surface area contributed by atoms with Crippen LogP contribution in [0.25, 0.3) is 0 Å². The molecule has 1 unspecified atom stereocenters. The molecular formula is C5H7N5O5S. The van der Waals surface area contributed by atoms with Gasteiger partial charge >= 0.3 is 10.4 Å². The highest BCUT2D eigenvalue weighted by molar-refractivity contribution is 7.79. The Morgan fingerprint density at radius 3 is 2.56 bits per heavy atom. The topological polar surface area (TPSA) is 167 Å². The van der Waals surface area contributed by atoms with E-state index in [1.165, 1.54) is 6.34 Å². The zero-order valence-corrected chi connectivity index (χ0v) is 8.42. The van der Waals surface area contributed by atoms with Crippen LogP contribution in [0.3, 0.4) is 0 Å². The average Bonchev–Trinajstić information content (AvgIpc) is 2.47. The Kier molecular flexibility index (Phi) is 3.31. The molecule has 0 aromatic carbocycles. The lowest BCUT2D eigenvalue weighted by Gasteiger charge is -2.13. The number of carbonyl (C=O) groups is 1. The van der Waals surface area contributed by atoms with Crippen molar-refractivity contribution in [3.63, 3.8) is 0 Å². The van der Waals surface area contributed by atoms with Crippen LogP contribution in [0.15, 0.2) is 15.0 Å². The van der Waals surface area contributed by atoms with Crippen LogP contribution < -0.4 is 11.1 Å². The van der Waals surface area contributed by atoms with Gasteiger partial charge in [-0.25, -0.2) is 15.0 Å². The van der Waals surface area contributed by atoms with E-state index < -0.39 is 16.6 Å². The third-order valence-electron chi connectivity index (χ3n) is 1.38. The third kappa shape index (κ3) is 3.72. The lowest BCUT2D eigenvalue weighted by Crippen LogP contribution is -2.48. The van der Waals surface area contributed by atoms with Gasteiger partial charge in [0.1, 0.15) is 6.34 Å². The second-order valence-electron chi connectivity index (χ2n) is 2.57. The molecule has 0 radical (unpaired) electrons. The molecule has 0 saturated heterocycles. The van der Waals surface area contributed by atoms with Crippen molar-refractivity contribution in [2.75, 3.05) is 0 Å². The summed E-state index contributed by atoms with van der Waals surface area (Å²) in [6.07, 6.45) is 0.797. The summed E-state index contributed by atoms with van der Waals surface area (Å²) in [5.74, 6) is -0.224. The van der Waals surface area contributed by atoms with Crippen molar-refractivity contribution < 1.29 is 22.3 Å². The predicted octanol–water partition coefficient (Wildman–Crippen LogP) is -2.41. The van der Waals surface area contributed by atoms with E-state index >= 15 is 0 Å². The second kappa shape index (κ2) is 4.34. The number of rotatable bonds is 0. The molecular weight excluding hydrogens is 242 g/mol. The number of nitrogens with zero attached hydrogens (tertiary/aromatic N) is 3. The van der Waals surface area contributed by atoms with Crippen LogP contribution in [0, 0.1) is 0 Å². The molecule has 88 valence electrons. The lowest BCUT2D eigenvalue weighted by molar-refractivity contribution is -0.113. The van der Waals surface area contributed by atoms with Crippen LogP contribution in [-0.4, -0.2) is 47.6 Å². The summed E-state index contributed by atoms with van der Waals surface area (Å²) in [4.78, 5) is 22.4. The van der Waals surface area contributed by atoms with Crippen LogP contribution in [0.1, 0.15) is 0 Å². The molecule has 0 bridgehead atoms. The Morgan fingerprint density at radius 1 is 1.44 bits per heavy atom. The van der Waals surface area contributed by atoms with Gasteiger partial charge in [0.25, 0.3) is 5.91 Å². The maximum atomic E-state index is 11.0. The first kappa shape index (κ1) is 12.2. The third-order valence-corrected chi connectivity index (χ3v) is 1.38. The van der Waals surface area contributed by atoms with Crippen molar-refractivity contribution in [2.24, 2.45) is 20.7 Å². The Hall–Kier alpha value is -1.85. The summed E-state index contributed by atoms with van der Waals surface area (Å²) in [6, 6.07) is 0. The molecule has 0 spiro atoms. The molecule has 2 aliphatic rings. The van der Waals surface area contributed by atoms with E-state index in [0.29, 0.717) is 5.71 Å². The van der Waals surface area contributed by atoms with Crippen LogP contribution in [0.5, 0.6) is 0 Å². The molecule has 1 amide bonds. The monoisotopic (exact) mass is 249 g/mol. The molecule has 1 atom stereocenters. The van der Waals surface area contributed by atoms with E-state index in [1.807, 2.05) is 0 Å². The molecule has 0 aliphatic carbocycles. The molecule has 11 heteroatoms. The first-order valence-corrected chi connectivity index (χ1v) is 5.11. The Balaban J connectivity index is 0.000000221. The van der Waals surface area contributed by atoms with Crippen LogP contribution in [0.2, 0.25) is 0 Å². The first-order valence-electron chi connectivity index (χ1n) is 3.71. The molecule has 0 fully saturated rings. The fourth-order valence-electron chi connectivity index (χ4n) is 0.911.